The average Bonchev–Trinajstić information content (AvgIpc) is 2.74. The summed E-state index contributed by atoms with van der Waals surface area (Å²) in [4.78, 5) is 0. The Labute approximate surface area is 113 Å². The Kier molecular flexibility index (Phi) is 4.22. The molecule has 112 valence electrons. The second-order valence-electron chi connectivity index (χ2n) is 4.99. The highest BCUT2D eigenvalue weighted by atomic mass is 32.2. The molecule has 0 amide bonds. The smallest absolute Gasteiger partial charge is 0.215 e. The lowest BCUT2D eigenvalue weighted by molar-refractivity contribution is -0.179. The summed E-state index contributed by atoms with van der Waals surface area (Å²) in [5.74, 6) is -1.57. The van der Waals surface area contributed by atoms with E-state index in [2.05, 4.69) is 0 Å². The van der Waals surface area contributed by atoms with Crippen LogP contribution in [0.4, 0.5) is 0 Å². The lowest BCUT2D eigenvalue weighted by Gasteiger charge is -2.37. The Morgan fingerprint density at radius 3 is 2.32 bits per heavy atom. The molecule has 19 heavy (non-hydrogen) atoms. The second-order valence-corrected chi connectivity index (χ2v) is 9.34. The van der Waals surface area contributed by atoms with Gasteiger partial charge in [-0.1, -0.05) is 0 Å². The SMILES string of the molecule is CS(=O)(=O)CCS(=O)(=O)N1CCCC2(C1)OCCO2. The molecule has 2 heterocycles. The van der Waals surface area contributed by atoms with E-state index in [1.54, 1.807) is 0 Å². The van der Waals surface area contributed by atoms with Crippen molar-refractivity contribution in [3.63, 3.8) is 0 Å². The van der Waals surface area contributed by atoms with Crippen LogP contribution in [0.2, 0.25) is 0 Å². The van der Waals surface area contributed by atoms with Gasteiger partial charge in [0.1, 0.15) is 9.84 Å². The summed E-state index contributed by atoms with van der Waals surface area (Å²) in [6, 6.07) is 0. The summed E-state index contributed by atoms with van der Waals surface area (Å²) in [6.45, 7) is 1.48. The maximum absolute atomic E-state index is 12.1. The predicted molar refractivity (Wildman–Crippen MR) is 68.9 cm³/mol. The molecular weight excluding hydrogens is 294 g/mol. The first-order valence-corrected chi connectivity index (χ1v) is 9.83. The minimum atomic E-state index is -3.59. The van der Waals surface area contributed by atoms with Crippen LogP contribution in [0.5, 0.6) is 0 Å². The third-order valence-electron chi connectivity index (χ3n) is 3.30. The Hall–Kier alpha value is -0.220. The van der Waals surface area contributed by atoms with Gasteiger partial charge in [-0.2, -0.15) is 4.31 Å². The zero-order chi connectivity index (χ0) is 14.1. The molecule has 0 aromatic rings. The molecule has 0 saturated carbocycles. The molecule has 2 saturated heterocycles. The second kappa shape index (κ2) is 5.28. The van der Waals surface area contributed by atoms with Gasteiger partial charge < -0.3 is 9.47 Å². The highest BCUT2D eigenvalue weighted by molar-refractivity contribution is 7.93. The standard InChI is InChI=1S/C10H19NO6S2/c1-18(12,13)7-8-19(14,15)11-4-2-3-10(9-11)16-5-6-17-10/h2-9H2,1H3. The number of sulfone groups is 1. The first-order chi connectivity index (χ1) is 8.73. The first-order valence-electron chi connectivity index (χ1n) is 6.16. The molecule has 0 bridgehead atoms. The lowest BCUT2D eigenvalue weighted by atomic mass is 10.1. The highest BCUT2D eigenvalue weighted by Gasteiger charge is 2.43. The van der Waals surface area contributed by atoms with Crippen molar-refractivity contribution in [2.24, 2.45) is 0 Å². The Morgan fingerprint density at radius 2 is 1.74 bits per heavy atom. The number of hydrogen-bond acceptors (Lipinski definition) is 6. The molecule has 2 fully saturated rings. The Balaban J connectivity index is 2.04. The predicted octanol–water partition coefficient (Wildman–Crippen LogP) is -0.800. The van der Waals surface area contributed by atoms with Gasteiger partial charge in [0.05, 0.1) is 31.3 Å². The van der Waals surface area contributed by atoms with E-state index in [1.165, 1.54) is 4.31 Å². The molecule has 2 rings (SSSR count). The van der Waals surface area contributed by atoms with Gasteiger partial charge in [0.2, 0.25) is 10.0 Å². The average molecular weight is 313 g/mol. The molecule has 0 unspecified atom stereocenters. The van der Waals surface area contributed by atoms with E-state index in [1.807, 2.05) is 0 Å². The molecule has 0 aromatic heterocycles. The number of nitrogens with zero attached hydrogens (tertiary/aromatic N) is 1. The zero-order valence-electron chi connectivity index (χ0n) is 10.9. The van der Waals surface area contributed by atoms with Crippen molar-refractivity contribution in [3.05, 3.63) is 0 Å². The van der Waals surface area contributed by atoms with Gasteiger partial charge in [0, 0.05) is 19.2 Å². The van der Waals surface area contributed by atoms with Gasteiger partial charge in [-0.05, 0) is 6.42 Å². The van der Waals surface area contributed by atoms with E-state index in [4.69, 9.17) is 9.47 Å². The molecule has 0 aromatic carbocycles. The van der Waals surface area contributed by atoms with Crippen LogP contribution in [0.25, 0.3) is 0 Å². The number of piperidine rings is 1. The summed E-state index contributed by atoms with van der Waals surface area (Å²) in [5, 5.41) is 0. The van der Waals surface area contributed by atoms with Crippen LogP contribution in [0.15, 0.2) is 0 Å². The molecule has 1 spiro atoms. The van der Waals surface area contributed by atoms with Gasteiger partial charge >= 0.3 is 0 Å². The lowest BCUT2D eigenvalue weighted by Crippen LogP contribution is -2.51. The van der Waals surface area contributed by atoms with Gasteiger partial charge in [0.25, 0.3) is 0 Å². The minimum Gasteiger partial charge on any atom is -0.346 e. The van der Waals surface area contributed by atoms with Crippen molar-refractivity contribution in [2.75, 3.05) is 44.1 Å². The monoisotopic (exact) mass is 313 g/mol. The maximum atomic E-state index is 12.1. The number of sulfonamides is 1. The fourth-order valence-corrected chi connectivity index (χ4v) is 5.42. The van der Waals surface area contributed by atoms with Crippen molar-refractivity contribution in [1.82, 2.24) is 4.31 Å². The van der Waals surface area contributed by atoms with Crippen LogP contribution >= 0.6 is 0 Å². The van der Waals surface area contributed by atoms with Crippen molar-refractivity contribution < 1.29 is 26.3 Å². The van der Waals surface area contributed by atoms with E-state index in [9.17, 15) is 16.8 Å². The molecular formula is C10H19NO6S2. The first kappa shape index (κ1) is 15.2. The number of hydrogen-bond donors (Lipinski definition) is 0. The molecule has 0 radical (unpaired) electrons. The van der Waals surface area contributed by atoms with Crippen LogP contribution < -0.4 is 0 Å². The number of ether oxygens (including phenoxy) is 2. The highest BCUT2D eigenvalue weighted by Crippen LogP contribution is 2.31. The molecule has 0 atom stereocenters. The van der Waals surface area contributed by atoms with E-state index < -0.39 is 25.6 Å². The largest absolute Gasteiger partial charge is 0.346 e. The van der Waals surface area contributed by atoms with Crippen LogP contribution in [0.3, 0.4) is 0 Å². The fraction of sp³-hybridized carbons (Fsp3) is 1.00. The fourth-order valence-electron chi connectivity index (χ4n) is 2.31. The van der Waals surface area contributed by atoms with Gasteiger partial charge in [-0.15, -0.1) is 0 Å². The molecule has 0 aliphatic carbocycles. The van der Waals surface area contributed by atoms with Crippen LogP contribution in [0.1, 0.15) is 12.8 Å². The van der Waals surface area contributed by atoms with Gasteiger partial charge in [-0.3, -0.25) is 0 Å². The normalized spacial score (nSPS) is 24.9. The minimum absolute atomic E-state index is 0.152. The zero-order valence-corrected chi connectivity index (χ0v) is 12.5. The van der Waals surface area contributed by atoms with Crippen molar-refractivity contribution in [2.45, 2.75) is 18.6 Å². The third kappa shape index (κ3) is 3.88. The molecule has 2 aliphatic rings. The van der Waals surface area contributed by atoms with Crippen molar-refractivity contribution >= 4 is 19.9 Å². The molecule has 9 heteroatoms. The maximum Gasteiger partial charge on any atom is 0.215 e. The summed E-state index contributed by atoms with van der Waals surface area (Å²) >= 11 is 0. The van der Waals surface area contributed by atoms with E-state index in [0.717, 1.165) is 6.26 Å². The third-order valence-corrected chi connectivity index (χ3v) is 6.32. The van der Waals surface area contributed by atoms with Crippen LogP contribution in [0, 0.1) is 0 Å². The van der Waals surface area contributed by atoms with Crippen LogP contribution in [-0.4, -0.2) is 71.0 Å². The van der Waals surface area contributed by atoms with Gasteiger partial charge in [-0.25, -0.2) is 16.8 Å². The Morgan fingerprint density at radius 1 is 1.11 bits per heavy atom. The topological polar surface area (TPSA) is 90.0 Å². The van der Waals surface area contributed by atoms with Crippen molar-refractivity contribution in [3.8, 4) is 0 Å². The van der Waals surface area contributed by atoms with Crippen molar-refractivity contribution in [1.29, 1.82) is 0 Å². The van der Waals surface area contributed by atoms with E-state index in [-0.39, 0.29) is 18.1 Å². The number of rotatable bonds is 4. The molecule has 2 aliphatic heterocycles. The van der Waals surface area contributed by atoms with Gasteiger partial charge in [0.15, 0.2) is 5.79 Å². The van der Waals surface area contributed by atoms with E-state index in [0.29, 0.717) is 32.6 Å². The summed E-state index contributed by atoms with van der Waals surface area (Å²) in [7, 11) is -6.88. The Bertz CT molecular complexity index is 520. The molecule has 0 N–H and O–H groups in total. The summed E-state index contributed by atoms with van der Waals surface area (Å²) in [5.41, 5.74) is 0. The quantitative estimate of drug-likeness (QED) is 0.675. The summed E-state index contributed by atoms with van der Waals surface area (Å²) in [6.07, 6.45) is 2.35. The van der Waals surface area contributed by atoms with Crippen LogP contribution in [-0.2, 0) is 29.3 Å². The van der Waals surface area contributed by atoms with E-state index >= 15 is 0 Å². The molecule has 7 nitrogen and oxygen atoms in total. The summed E-state index contributed by atoms with van der Waals surface area (Å²) < 4.78 is 58.7.